The second-order valence-corrected chi connectivity index (χ2v) is 7.32. The third kappa shape index (κ3) is 3.34. The van der Waals surface area contributed by atoms with Gasteiger partial charge in [-0.15, -0.1) is 0 Å². The molecule has 2 aliphatic rings. The maximum Gasteiger partial charge on any atom is 0.254 e. The summed E-state index contributed by atoms with van der Waals surface area (Å²) in [5, 5.41) is 19.4. The highest BCUT2D eigenvalue weighted by molar-refractivity contribution is 5.97. The molecule has 1 aromatic carbocycles. The normalized spacial score (nSPS) is 24.9. The predicted molar refractivity (Wildman–Crippen MR) is 97.8 cm³/mol. The lowest BCUT2D eigenvalue weighted by molar-refractivity contribution is -0.00172. The number of amides is 1. The lowest BCUT2D eigenvalue weighted by Crippen LogP contribution is -2.55. The molecule has 2 aromatic rings. The third-order valence-corrected chi connectivity index (χ3v) is 5.69. The zero-order valence-electron chi connectivity index (χ0n) is 14.9. The Bertz CT molecular complexity index is 782. The van der Waals surface area contributed by atoms with E-state index in [9.17, 15) is 15.0 Å². The number of aromatic amines is 1. The van der Waals surface area contributed by atoms with Gasteiger partial charge >= 0.3 is 0 Å². The van der Waals surface area contributed by atoms with Crippen LogP contribution in [0.25, 0.3) is 11.0 Å². The van der Waals surface area contributed by atoms with Crippen LogP contribution in [0.5, 0.6) is 0 Å². The Balaban J connectivity index is 1.41. The molecule has 1 aliphatic heterocycles. The topological polar surface area (TPSA) is 92.7 Å². The van der Waals surface area contributed by atoms with Gasteiger partial charge in [-0.2, -0.15) is 0 Å². The van der Waals surface area contributed by atoms with E-state index in [0.29, 0.717) is 24.5 Å². The Morgan fingerprint density at radius 3 is 2.69 bits per heavy atom. The summed E-state index contributed by atoms with van der Waals surface area (Å²) in [7, 11) is 0. The van der Waals surface area contributed by atoms with Gasteiger partial charge in [0, 0.05) is 37.8 Å². The van der Waals surface area contributed by atoms with Gasteiger partial charge in [-0.1, -0.05) is 12.8 Å². The fourth-order valence-corrected chi connectivity index (χ4v) is 4.23. The molecule has 1 aliphatic carbocycles. The summed E-state index contributed by atoms with van der Waals surface area (Å²) in [5.74, 6) is 0.528. The summed E-state index contributed by atoms with van der Waals surface area (Å²) in [6.45, 7) is 2.85. The molecule has 1 aromatic heterocycles. The molecule has 1 saturated carbocycles. The Morgan fingerprint density at radius 2 is 1.96 bits per heavy atom. The summed E-state index contributed by atoms with van der Waals surface area (Å²) in [6.07, 6.45) is 4.02. The van der Waals surface area contributed by atoms with Crippen LogP contribution in [0.15, 0.2) is 18.2 Å². The molecule has 0 spiro atoms. The van der Waals surface area contributed by atoms with Gasteiger partial charge in [-0.25, -0.2) is 4.98 Å². The maximum absolute atomic E-state index is 12.8. The van der Waals surface area contributed by atoms with Crippen LogP contribution in [0.1, 0.15) is 41.9 Å². The summed E-state index contributed by atoms with van der Waals surface area (Å²) in [6, 6.07) is 5.66. The smallest absolute Gasteiger partial charge is 0.254 e. The first-order valence-electron chi connectivity index (χ1n) is 9.46. The van der Waals surface area contributed by atoms with Crippen molar-refractivity contribution in [1.29, 1.82) is 0 Å². The minimum Gasteiger partial charge on any atom is -0.391 e. The minimum atomic E-state index is -0.227. The van der Waals surface area contributed by atoms with E-state index in [2.05, 4.69) is 14.9 Å². The number of aromatic nitrogens is 2. The van der Waals surface area contributed by atoms with E-state index in [4.69, 9.17) is 0 Å². The molecule has 2 atom stereocenters. The van der Waals surface area contributed by atoms with Crippen molar-refractivity contribution in [1.82, 2.24) is 19.8 Å². The summed E-state index contributed by atoms with van der Waals surface area (Å²) >= 11 is 0. The molecular formula is C19H26N4O3. The monoisotopic (exact) mass is 358 g/mol. The minimum absolute atomic E-state index is 0.0240. The number of fused-ring (bicyclic) bond motifs is 1. The SMILES string of the molecule is O=C(c1ccc2nc(CO)[nH]c2c1)N1CCN([C@@H]2CCCC[C@H]2O)CC1. The fourth-order valence-electron chi connectivity index (χ4n) is 4.23. The molecule has 1 amide bonds. The Morgan fingerprint density at radius 1 is 1.19 bits per heavy atom. The first-order valence-corrected chi connectivity index (χ1v) is 9.46. The zero-order valence-corrected chi connectivity index (χ0v) is 14.9. The largest absolute Gasteiger partial charge is 0.391 e. The molecule has 4 rings (SSSR count). The molecule has 2 heterocycles. The van der Waals surface area contributed by atoms with Crippen molar-refractivity contribution in [3.63, 3.8) is 0 Å². The number of piperazine rings is 1. The molecule has 140 valence electrons. The summed E-state index contributed by atoms with van der Waals surface area (Å²) < 4.78 is 0. The van der Waals surface area contributed by atoms with E-state index in [1.54, 1.807) is 12.1 Å². The fraction of sp³-hybridized carbons (Fsp3) is 0.579. The Labute approximate surface area is 152 Å². The predicted octanol–water partition coefficient (Wildman–Crippen LogP) is 1.12. The van der Waals surface area contributed by atoms with Gasteiger partial charge in [-0.3, -0.25) is 9.69 Å². The van der Waals surface area contributed by atoms with Crippen molar-refractivity contribution in [3.8, 4) is 0 Å². The molecule has 3 N–H and O–H groups in total. The van der Waals surface area contributed by atoms with Gasteiger partial charge in [0.1, 0.15) is 12.4 Å². The van der Waals surface area contributed by atoms with Crippen LogP contribution in [0.4, 0.5) is 0 Å². The standard InChI is InChI=1S/C19H26N4O3/c24-12-18-20-14-6-5-13(11-15(14)21-18)19(26)23-9-7-22(8-10-23)16-3-1-2-4-17(16)25/h5-6,11,16-17,24-25H,1-4,7-10,12H2,(H,20,21)/t16-,17-/m1/s1. The van der Waals surface area contributed by atoms with Crippen molar-refractivity contribution in [3.05, 3.63) is 29.6 Å². The number of H-pyrrole nitrogens is 1. The van der Waals surface area contributed by atoms with Gasteiger partial charge in [0.05, 0.1) is 17.1 Å². The number of nitrogens with one attached hydrogen (secondary N) is 1. The number of nitrogens with zero attached hydrogens (tertiary/aromatic N) is 3. The van der Waals surface area contributed by atoms with Crippen LogP contribution >= 0.6 is 0 Å². The Kier molecular flexibility index (Phi) is 4.93. The number of rotatable bonds is 3. The third-order valence-electron chi connectivity index (χ3n) is 5.69. The van der Waals surface area contributed by atoms with Crippen molar-refractivity contribution in [2.45, 2.75) is 44.4 Å². The molecule has 0 bridgehead atoms. The quantitative estimate of drug-likeness (QED) is 0.765. The molecule has 26 heavy (non-hydrogen) atoms. The van der Waals surface area contributed by atoms with Crippen molar-refractivity contribution in [2.75, 3.05) is 26.2 Å². The first kappa shape index (κ1) is 17.5. The molecule has 0 unspecified atom stereocenters. The van der Waals surface area contributed by atoms with Crippen molar-refractivity contribution < 1.29 is 15.0 Å². The van der Waals surface area contributed by atoms with Crippen LogP contribution in [0.3, 0.4) is 0 Å². The highest BCUT2D eigenvalue weighted by Crippen LogP contribution is 2.24. The average molecular weight is 358 g/mol. The van der Waals surface area contributed by atoms with Crippen LogP contribution in [0.2, 0.25) is 0 Å². The highest BCUT2D eigenvalue weighted by atomic mass is 16.3. The van der Waals surface area contributed by atoms with Gasteiger partial charge in [-0.05, 0) is 31.0 Å². The number of aliphatic hydroxyl groups is 2. The number of carbonyl (C=O) groups is 1. The molecule has 7 heteroatoms. The second-order valence-electron chi connectivity index (χ2n) is 7.32. The second kappa shape index (κ2) is 7.34. The lowest BCUT2D eigenvalue weighted by Gasteiger charge is -2.42. The molecule has 1 saturated heterocycles. The number of hydrogen-bond acceptors (Lipinski definition) is 5. The number of benzene rings is 1. The number of hydrogen-bond donors (Lipinski definition) is 3. The van der Waals surface area contributed by atoms with E-state index in [-0.39, 0.29) is 24.7 Å². The van der Waals surface area contributed by atoms with Crippen LogP contribution < -0.4 is 0 Å². The number of aliphatic hydroxyl groups excluding tert-OH is 2. The molecular weight excluding hydrogens is 332 g/mol. The van der Waals surface area contributed by atoms with E-state index in [0.717, 1.165) is 43.4 Å². The first-order chi connectivity index (χ1) is 12.7. The van der Waals surface area contributed by atoms with Gasteiger partial charge in [0.15, 0.2) is 0 Å². The molecule has 2 fully saturated rings. The lowest BCUT2D eigenvalue weighted by atomic mass is 9.91. The van der Waals surface area contributed by atoms with Crippen molar-refractivity contribution >= 4 is 16.9 Å². The summed E-state index contributed by atoms with van der Waals surface area (Å²) in [4.78, 5) is 24.4. The zero-order chi connectivity index (χ0) is 18.1. The number of imidazole rings is 1. The van der Waals surface area contributed by atoms with E-state index < -0.39 is 0 Å². The summed E-state index contributed by atoms with van der Waals surface area (Å²) in [5.41, 5.74) is 2.15. The van der Waals surface area contributed by atoms with Crippen LogP contribution in [-0.2, 0) is 6.61 Å². The number of carbonyl (C=O) groups excluding carboxylic acids is 1. The van der Waals surface area contributed by atoms with Crippen molar-refractivity contribution in [2.24, 2.45) is 0 Å². The van der Waals surface area contributed by atoms with E-state index >= 15 is 0 Å². The van der Waals surface area contributed by atoms with Gasteiger partial charge in [0.2, 0.25) is 0 Å². The molecule has 7 nitrogen and oxygen atoms in total. The van der Waals surface area contributed by atoms with Gasteiger partial charge < -0.3 is 20.1 Å². The van der Waals surface area contributed by atoms with E-state index in [1.807, 2.05) is 11.0 Å². The van der Waals surface area contributed by atoms with Gasteiger partial charge in [0.25, 0.3) is 5.91 Å². The Hall–Kier alpha value is -1.96. The highest BCUT2D eigenvalue weighted by Gasteiger charge is 2.32. The van der Waals surface area contributed by atoms with Crippen LogP contribution in [0, 0.1) is 0 Å². The average Bonchev–Trinajstić information content (AvgIpc) is 3.10. The molecule has 0 radical (unpaired) electrons. The maximum atomic E-state index is 12.8. The van der Waals surface area contributed by atoms with Crippen LogP contribution in [-0.4, -0.2) is 74.2 Å². The van der Waals surface area contributed by atoms with E-state index in [1.165, 1.54) is 6.42 Å².